The second-order valence-corrected chi connectivity index (χ2v) is 4.39. The van der Waals surface area contributed by atoms with E-state index in [1.54, 1.807) is 11.0 Å². The van der Waals surface area contributed by atoms with Gasteiger partial charge in [0.2, 0.25) is 0 Å². The van der Waals surface area contributed by atoms with Crippen molar-refractivity contribution in [3.8, 4) is 0 Å². The third-order valence-electron chi connectivity index (χ3n) is 3.04. The second kappa shape index (κ2) is 4.70. The average molecular weight is 223 g/mol. The lowest BCUT2D eigenvalue weighted by atomic mass is 9.98. The molecule has 1 amide bonds. The molecule has 0 radical (unpaired) electrons. The van der Waals surface area contributed by atoms with Gasteiger partial charge in [-0.05, 0) is 31.7 Å². The van der Waals surface area contributed by atoms with Gasteiger partial charge in [0.05, 0.1) is 5.56 Å². The lowest BCUT2D eigenvalue weighted by Gasteiger charge is -2.31. The summed E-state index contributed by atoms with van der Waals surface area (Å²) < 4.78 is 5.13. The highest BCUT2D eigenvalue weighted by Crippen LogP contribution is 2.18. The summed E-state index contributed by atoms with van der Waals surface area (Å²) in [6.07, 6.45) is 3.47. The molecule has 0 bridgehead atoms. The van der Waals surface area contributed by atoms with Gasteiger partial charge in [-0.15, -0.1) is 0 Å². The number of carbonyl (C=O) groups is 1. The summed E-state index contributed by atoms with van der Waals surface area (Å²) >= 11 is 0. The molecular formula is C12H17NO3. The number of carbonyl (C=O) groups excluding carboxylic acids is 1. The van der Waals surface area contributed by atoms with E-state index in [0.717, 1.165) is 25.1 Å². The monoisotopic (exact) mass is 223 g/mol. The molecule has 1 aliphatic heterocycles. The molecule has 16 heavy (non-hydrogen) atoms. The molecule has 1 aliphatic rings. The van der Waals surface area contributed by atoms with Gasteiger partial charge < -0.3 is 14.4 Å². The largest absolute Gasteiger partial charge is 0.469 e. The van der Waals surface area contributed by atoms with Gasteiger partial charge in [0, 0.05) is 19.7 Å². The maximum absolute atomic E-state index is 12.1. The molecule has 1 aromatic rings. The van der Waals surface area contributed by atoms with E-state index in [9.17, 15) is 4.79 Å². The van der Waals surface area contributed by atoms with E-state index in [2.05, 4.69) is 0 Å². The summed E-state index contributed by atoms with van der Waals surface area (Å²) in [5.74, 6) is 0.986. The Morgan fingerprint density at radius 1 is 1.69 bits per heavy atom. The van der Waals surface area contributed by atoms with Crippen LogP contribution < -0.4 is 0 Å². The number of aliphatic hydroxyl groups excluding tert-OH is 1. The zero-order valence-electron chi connectivity index (χ0n) is 9.48. The maximum Gasteiger partial charge on any atom is 0.257 e. The third kappa shape index (κ3) is 2.27. The van der Waals surface area contributed by atoms with Crippen molar-refractivity contribution in [2.24, 2.45) is 5.92 Å². The molecule has 1 atom stereocenters. The van der Waals surface area contributed by atoms with Crippen LogP contribution in [0.5, 0.6) is 0 Å². The molecule has 88 valence electrons. The molecule has 0 spiro atoms. The lowest BCUT2D eigenvalue weighted by molar-refractivity contribution is 0.0620. The summed E-state index contributed by atoms with van der Waals surface area (Å²) in [6.45, 7) is 3.41. The number of likely N-dealkylation sites (tertiary alicyclic amines) is 1. The number of furan rings is 1. The van der Waals surface area contributed by atoms with E-state index in [0.29, 0.717) is 12.1 Å². The number of nitrogens with zero attached hydrogens (tertiary/aromatic N) is 1. The van der Waals surface area contributed by atoms with Crippen molar-refractivity contribution >= 4 is 5.91 Å². The molecule has 1 unspecified atom stereocenters. The van der Waals surface area contributed by atoms with Crippen LogP contribution >= 0.6 is 0 Å². The highest BCUT2D eigenvalue weighted by Gasteiger charge is 2.24. The van der Waals surface area contributed by atoms with Crippen molar-refractivity contribution in [3.63, 3.8) is 0 Å². The van der Waals surface area contributed by atoms with Gasteiger partial charge in [0.25, 0.3) is 5.91 Å². The van der Waals surface area contributed by atoms with Gasteiger partial charge in [-0.25, -0.2) is 0 Å². The molecule has 2 rings (SSSR count). The minimum Gasteiger partial charge on any atom is -0.469 e. The minimum absolute atomic E-state index is 0.00926. The van der Waals surface area contributed by atoms with E-state index in [-0.39, 0.29) is 18.4 Å². The first kappa shape index (κ1) is 11.2. The van der Waals surface area contributed by atoms with Crippen LogP contribution in [0.1, 0.15) is 29.0 Å². The van der Waals surface area contributed by atoms with Crippen LogP contribution in [0.3, 0.4) is 0 Å². The smallest absolute Gasteiger partial charge is 0.257 e. The van der Waals surface area contributed by atoms with E-state index < -0.39 is 0 Å². The number of hydrogen-bond donors (Lipinski definition) is 1. The number of hydrogen-bond acceptors (Lipinski definition) is 3. The number of piperidine rings is 1. The van der Waals surface area contributed by atoms with Crippen molar-refractivity contribution in [1.29, 1.82) is 0 Å². The van der Waals surface area contributed by atoms with Gasteiger partial charge in [-0.3, -0.25) is 4.79 Å². The predicted octanol–water partition coefficient (Wildman–Crippen LogP) is 1.43. The second-order valence-electron chi connectivity index (χ2n) is 4.39. The number of amides is 1. The standard InChI is InChI=1S/C12H17NO3/c1-9-5-11(8-16-9)12(15)13-4-2-3-10(6-13)7-14/h5,8,10,14H,2-4,6-7H2,1H3. The third-order valence-corrected chi connectivity index (χ3v) is 3.04. The van der Waals surface area contributed by atoms with Crippen LogP contribution in [-0.4, -0.2) is 35.6 Å². The van der Waals surface area contributed by atoms with Crippen LogP contribution in [0.2, 0.25) is 0 Å². The molecule has 0 aliphatic carbocycles. The zero-order valence-corrected chi connectivity index (χ0v) is 9.48. The fraction of sp³-hybridized carbons (Fsp3) is 0.583. The lowest BCUT2D eigenvalue weighted by Crippen LogP contribution is -2.40. The van der Waals surface area contributed by atoms with Gasteiger partial charge in [0.1, 0.15) is 12.0 Å². The van der Waals surface area contributed by atoms with Gasteiger partial charge in [-0.1, -0.05) is 0 Å². The quantitative estimate of drug-likeness (QED) is 0.825. The first-order valence-electron chi connectivity index (χ1n) is 5.66. The molecule has 1 N–H and O–H groups in total. The van der Waals surface area contributed by atoms with E-state index >= 15 is 0 Å². The minimum atomic E-state index is 0.00926. The molecule has 0 saturated carbocycles. The van der Waals surface area contributed by atoms with Crippen molar-refractivity contribution < 1.29 is 14.3 Å². The van der Waals surface area contributed by atoms with Crippen LogP contribution in [0, 0.1) is 12.8 Å². The Labute approximate surface area is 94.9 Å². The molecule has 1 saturated heterocycles. The summed E-state index contributed by atoms with van der Waals surface area (Å²) in [6, 6.07) is 1.75. The Bertz CT molecular complexity index is 372. The first-order chi connectivity index (χ1) is 7.70. The van der Waals surface area contributed by atoms with Crippen molar-refractivity contribution in [1.82, 2.24) is 4.90 Å². The highest BCUT2D eigenvalue weighted by molar-refractivity contribution is 5.94. The predicted molar refractivity (Wildman–Crippen MR) is 59.2 cm³/mol. The van der Waals surface area contributed by atoms with Crippen LogP contribution in [0.25, 0.3) is 0 Å². The van der Waals surface area contributed by atoms with Crippen molar-refractivity contribution in [2.75, 3.05) is 19.7 Å². The molecule has 4 heteroatoms. The maximum atomic E-state index is 12.1. The van der Waals surface area contributed by atoms with Crippen molar-refractivity contribution in [2.45, 2.75) is 19.8 Å². The topological polar surface area (TPSA) is 53.7 Å². The summed E-state index contributed by atoms with van der Waals surface area (Å²) in [5, 5.41) is 9.11. The molecule has 2 heterocycles. The van der Waals surface area contributed by atoms with Crippen molar-refractivity contribution in [3.05, 3.63) is 23.7 Å². The number of aryl methyl sites for hydroxylation is 1. The Morgan fingerprint density at radius 3 is 3.12 bits per heavy atom. The van der Waals surface area contributed by atoms with E-state index in [1.807, 2.05) is 6.92 Å². The van der Waals surface area contributed by atoms with E-state index in [4.69, 9.17) is 9.52 Å². The van der Waals surface area contributed by atoms with Gasteiger partial charge in [0.15, 0.2) is 0 Å². The normalized spacial score (nSPS) is 21.1. The molecule has 0 aromatic carbocycles. The first-order valence-corrected chi connectivity index (χ1v) is 5.66. The Morgan fingerprint density at radius 2 is 2.50 bits per heavy atom. The number of aliphatic hydroxyl groups is 1. The SMILES string of the molecule is Cc1cc(C(=O)N2CCCC(CO)C2)co1. The fourth-order valence-electron chi connectivity index (χ4n) is 2.14. The van der Waals surface area contributed by atoms with Gasteiger partial charge in [-0.2, -0.15) is 0 Å². The molecule has 1 fully saturated rings. The highest BCUT2D eigenvalue weighted by atomic mass is 16.3. The molecular weight excluding hydrogens is 206 g/mol. The Hall–Kier alpha value is -1.29. The average Bonchev–Trinajstić information content (AvgIpc) is 2.75. The zero-order chi connectivity index (χ0) is 11.5. The Kier molecular flexibility index (Phi) is 3.29. The fourth-order valence-corrected chi connectivity index (χ4v) is 2.14. The molecule has 1 aromatic heterocycles. The molecule has 4 nitrogen and oxygen atoms in total. The van der Waals surface area contributed by atoms with E-state index in [1.165, 1.54) is 6.26 Å². The van der Waals surface area contributed by atoms with Crippen LogP contribution in [0.4, 0.5) is 0 Å². The van der Waals surface area contributed by atoms with Crippen LogP contribution in [0.15, 0.2) is 16.7 Å². The summed E-state index contributed by atoms with van der Waals surface area (Å²) in [7, 11) is 0. The van der Waals surface area contributed by atoms with Crippen LogP contribution in [-0.2, 0) is 0 Å². The van der Waals surface area contributed by atoms with Gasteiger partial charge >= 0.3 is 0 Å². The number of rotatable bonds is 2. The summed E-state index contributed by atoms with van der Waals surface area (Å²) in [5.41, 5.74) is 0.607. The summed E-state index contributed by atoms with van der Waals surface area (Å²) in [4.78, 5) is 13.9. The Balaban J connectivity index is 2.04.